The average Bonchev–Trinajstić information content (AvgIpc) is 3.13. The Bertz CT molecular complexity index is 953. The van der Waals surface area contributed by atoms with E-state index in [0.29, 0.717) is 28.1 Å². The van der Waals surface area contributed by atoms with Gasteiger partial charge in [0.2, 0.25) is 5.91 Å². The molecule has 0 bridgehead atoms. The topological polar surface area (TPSA) is 82.1 Å². The number of alkyl halides is 1. The third-order valence-electron chi connectivity index (χ3n) is 5.08. The summed E-state index contributed by atoms with van der Waals surface area (Å²) in [6, 6.07) is 9.82. The normalized spacial score (nSPS) is 15.7. The van der Waals surface area contributed by atoms with E-state index in [4.69, 9.17) is 4.74 Å². The summed E-state index contributed by atoms with van der Waals surface area (Å²) in [5.74, 6) is -0.694. The molecule has 0 aliphatic carbocycles. The number of carbonyl (C=O) groups excluding carboxylic acids is 2. The Labute approximate surface area is 179 Å². The first-order chi connectivity index (χ1) is 14.8. The summed E-state index contributed by atoms with van der Waals surface area (Å²) in [4.78, 5) is 24.7. The molecule has 1 aliphatic heterocycles. The molecule has 7 nitrogen and oxygen atoms in total. The van der Waals surface area contributed by atoms with E-state index < -0.39 is 24.7 Å². The monoisotopic (exact) mass is 433 g/mol. The van der Waals surface area contributed by atoms with Crippen LogP contribution < -0.4 is 15.3 Å². The Balaban J connectivity index is 1.78. The number of hydrogen-bond acceptors (Lipinski definition) is 5. The molecule has 1 saturated heterocycles. The largest absolute Gasteiger partial charge is 0.442 e. The summed E-state index contributed by atoms with van der Waals surface area (Å²) in [7, 11) is 0. The smallest absolute Gasteiger partial charge is 0.414 e. The molecule has 2 aromatic carbocycles. The Kier molecular flexibility index (Phi) is 7.06. The van der Waals surface area contributed by atoms with Crippen molar-refractivity contribution < 1.29 is 28.3 Å². The summed E-state index contributed by atoms with van der Waals surface area (Å²) in [6.07, 6.45) is -0.894. The van der Waals surface area contributed by atoms with Gasteiger partial charge in [-0.1, -0.05) is 12.1 Å². The molecule has 0 aromatic heterocycles. The number of nitrogens with one attached hydrogen (secondary N) is 1. The average molecular weight is 433 g/mol. The van der Waals surface area contributed by atoms with Crippen LogP contribution in [-0.2, 0) is 9.53 Å². The zero-order valence-electron chi connectivity index (χ0n) is 17.4. The lowest BCUT2D eigenvalue weighted by atomic mass is 10.0. The van der Waals surface area contributed by atoms with Crippen LogP contribution in [0.2, 0.25) is 0 Å². The van der Waals surface area contributed by atoms with Crippen LogP contribution >= 0.6 is 0 Å². The first-order valence-corrected chi connectivity index (χ1v) is 9.96. The van der Waals surface area contributed by atoms with Gasteiger partial charge in [0.05, 0.1) is 31.1 Å². The quantitative estimate of drug-likeness (QED) is 0.619. The van der Waals surface area contributed by atoms with Crippen LogP contribution in [0.4, 0.5) is 25.0 Å². The molecule has 3 rings (SSSR count). The van der Waals surface area contributed by atoms with E-state index in [9.17, 15) is 19.2 Å². The maximum absolute atomic E-state index is 15.2. The van der Waals surface area contributed by atoms with E-state index in [0.717, 1.165) is 5.06 Å². The van der Waals surface area contributed by atoms with Crippen molar-refractivity contribution in [3.8, 4) is 11.1 Å². The summed E-state index contributed by atoms with van der Waals surface area (Å²) in [5.41, 5.74) is 2.13. The van der Waals surface area contributed by atoms with Gasteiger partial charge in [-0.3, -0.25) is 24.4 Å². The number of rotatable bonds is 8. The van der Waals surface area contributed by atoms with E-state index in [2.05, 4.69) is 5.32 Å². The molecule has 9 heteroatoms. The molecular weight excluding hydrogens is 408 g/mol. The van der Waals surface area contributed by atoms with Crippen LogP contribution in [0.25, 0.3) is 11.1 Å². The Morgan fingerprint density at radius 1 is 1.29 bits per heavy atom. The Morgan fingerprint density at radius 2 is 2.00 bits per heavy atom. The fourth-order valence-corrected chi connectivity index (χ4v) is 3.42. The van der Waals surface area contributed by atoms with Crippen molar-refractivity contribution in [2.75, 3.05) is 36.3 Å². The number of ether oxygens (including phenoxy) is 1. The standard InChI is InChI=1S/C22H25F2N3O4/c1-14-20(26-13-18(31-22(26)29)12-25-15(2)28)9-8-19(21(14)24)16-4-6-17(7-5-16)27(30)11-3-10-23/h4-9,18,30H,3,10-13H2,1-2H3,(H,25,28)/t18-/m0/s1. The lowest BCUT2D eigenvalue weighted by Crippen LogP contribution is -2.33. The summed E-state index contributed by atoms with van der Waals surface area (Å²) in [6.45, 7) is 3.00. The fourth-order valence-electron chi connectivity index (χ4n) is 3.42. The van der Waals surface area contributed by atoms with Crippen molar-refractivity contribution in [1.29, 1.82) is 0 Å². The van der Waals surface area contributed by atoms with Crippen molar-refractivity contribution in [2.45, 2.75) is 26.4 Å². The van der Waals surface area contributed by atoms with Gasteiger partial charge in [-0.25, -0.2) is 9.18 Å². The van der Waals surface area contributed by atoms with Gasteiger partial charge in [-0.15, -0.1) is 0 Å². The number of halogens is 2. The second-order valence-corrected chi connectivity index (χ2v) is 7.34. The Hall–Kier alpha value is -3.20. The van der Waals surface area contributed by atoms with Crippen molar-refractivity contribution in [3.63, 3.8) is 0 Å². The third-order valence-corrected chi connectivity index (χ3v) is 5.08. The van der Waals surface area contributed by atoms with Gasteiger partial charge < -0.3 is 10.1 Å². The van der Waals surface area contributed by atoms with Crippen molar-refractivity contribution in [2.24, 2.45) is 0 Å². The number of hydrogen-bond donors (Lipinski definition) is 2. The van der Waals surface area contributed by atoms with Gasteiger partial charge in [0, 0.05) is 24.6 Å². The van der Waals surface area contributed by atoms with Crippen LogP contribution in [0.15, 0.2) is 36.4 Å². The van der Waals surface area contributed by atoms with Gasteiger partial charge >= 0.3 is 6.09 Å². The number of anilines is 2. The lowest BCUT2D eigenvalue weighted by molar-refractivity contribution is -0.119. The molecule has 31 heavy (non-hydrogen) atoms. The van der Waals surface area contributed by atoms with E-state index in [1.54, 1.807) is 43.3 Å². The molecule has 1 aliphatic rings. The van der Waals surface area contributed by atoms with Gasteiger partial charge in [0.1, 0.15) is 11.9 Å². The molecule has 0 saturated carbocycles. The van der Waals surface area contributed by atoms with Crippen LogP contribution in [0.5, 0.6) is 0 Å². The minimum absolute atomic E-state index is 0.160. The zero-order chi connectivity index (χ0) is 22.5. The van der Waals surface area contributed by atoms with E-state index in [1.807, 2.05) is 0 Å². The number of benzene rings is 2. The highest BCUT2D eigenvalue weighted by Crippen LogP contribution is 2.33. The molecule has 2 amide bonds. The molecule has 2 N–H and O–H groups in total. The molecule has 1 heterocycles. The molecular formula is C22H25F2N3O4. The second kappa shape index (κ2) is 9.74. The third kappa shape index (κ3) is 5.11. The zero-order valence-corrected chi connectivity index (χ0v) is 17.4. The lowest BCUT2D eigenvalue weighted by Gasteiger charge is -2.19. The van der Waals surface area contributed by atoms with Crippen LogP contribution in [0.3, 0.4) is 0 Å². The SMILES string of the molecule is CC(=O)NC[C@H]1CN(c2ccc(-c3ccc(N(O)CCCF)cc3)c(F)c2C)C(=O)O1. The van der Waals surface area contributed by atoms with Crippen molar-refractivity contribution in [1.82, 2.24) is 5.32 Å². The molecule has 1 fully saturated rings. The Morgan fingerprint density at radius 3 is 2.65 bits per heavy atom. The number of hydroxylamine groups is 1. The molecule has 0 unspecified atom stereocenters. The highest BCUT2D eigenvalue weighted by atomic mass is 19.1. The second-order valence-electron chi connectivity index (χ2n) is 7.34. The number of carbonyl (C=O) groups is 2. The van der Waals surface area contributed by atoms with Gasteiger partial charge in [-0.2, -0.15) is 0 Å². The maximum Gasteiger partial charge on any atom is 0.414 e. The van der Waals surface area contributed by atoms with E-state index >= 15 is 4.39 Å². The van der Waals surface area contributed by atoms with E-state index in [-0.39, 0.29) is 32.0 Å². The number of nitrogens with zero attached hydrogens (tertiary/aromatic N) is 2. The highest BCUT2D eigenvalue weighted by molar-refractivity contribution is 5.91. The maximum atomic E-state index is 15.2. The predicted molar refractivity (Wildman–Crippen MR) is 113 cm³/mol. The van der Waals surface area contributed by atoms with Crippen molar-refractivity contribution in [3.05, 3.63) is 47.8 Å². The summed E-state index contributed by atoms with van der Waals surface area (Å²) >= 11 is 0. The van der Waals surface area contributed by atoms with E-state index in [1.165, 1.54) is 11.8 Å². The summed E-state index contributed by atoms with van der Waals surface area (Å²) in [5, 5.41) is 13.5. The minimum Gasteiger partial charge on any atom is -0.442 e. The first-order valence-electron chi connectivity index (χ1n) is 9.96. The van der Waals surface area contributed by atoms with Crippen LogP contribution in [-0.4, -0.2) is 49.6 Å². The van der Waals surface area contributed by atoms with Crippen LogP contribution in [0.1, 0.15) is 18.9 Å². The number of amides is 2. The first kappa shape index (κ1) is 22.5. The van der Waals surface area contributed by atoms with Crippen molar-refractivity contribution >= 4 is 23.4 Å². The van der Waals surface area contributed by atoms with Gasteiger partial charge in [-0.05, 0) is 43.2 Å². The predicted octanol–water partition coefficient (Wildman–Crippen LogP) is 3.82. The number of cyclic esters (lactones) is 1. The highest BCUT2D eigenvalue weighted by Gasteiger charge is 2.33. The van der Waals surface area contributed by atoms with Crippen LogP contribution in [0, 0.1) is 12.7 Å². The summed E-state index contributed by atoms with van der Waals surface area (Å²) < 4.78 is 32.7. The molecule has 2 aromatic rings. The minimum atomic E-state index is -0.591. The molecule has 1 atom stereocenters. The van der Waals surface area contributed by atoms with Gasteiger partial charge in [0.15, 0.2) is 0 Å². The fraction of sp³-hybridized carbons (Fsp3) is 0.364. The van der Waals surface area contributed by atoms with Gasteiger partial charge in [0.25, 0.3) is 0 Å². The molecule has 0 radical (unpaired) electrons. The molecule has 166 valence electrons. The molecule has 0 spiro atoms.